The molecule has 37 heavy (non-hydrogen) atoms. The zero-order chi connectivity index (χ0) is 27.1. The third-order valence-corrected chi connectivity index (χ3v) is 6.18. The number of ether oxygens (including phenoxy) is 1. The van der Waals surface area contributed by atoms with Crippen molar-refractivity contribution in [3.8, 4) is 17.7 Å². The van der Waals surface area contributed by atoms with Gasteiger partial charge in [0.05, 0.1) is 24.9 Å². The van der Waals surface area contributed by atoms with Crippen LogP contribution >= 0.6 is 0 Å². The minimum atomic E-state index is -0.530. The Morgan fingerprint density at radius 1 is 1.35 bits per heavy atom. The van der Waals surface area contributed by atoms with E-state index in [4.69, 9.17) is 4.74 Å². The minimum Gasteiger partial charge on any atom is -0.472 e. The molecule has 9 heteroatoms. The summed E-state index contributed by atoms with van der Waals surface area (Å²) in [7, 11) is 1.59. The quantitative estimate of drug-likeness (QED) is 0.573. The summed E-state index contributed by atoms with van der Waals surface area (Å²) in [4.78, 5) is 33.7. The van der Waals surface area contributed by atoms with Gasteiger partial charge in [-0.05, 0) is 31.0 Å². The molecule has 1 aromatic heterocycles. The molecule has 3 atom stereocenters. The van der Waals surface area contributed by atoms with E-state index >= 15 is 0 Å². The van der Waals surface area contributed by atoms with Crippen LogP contribution in [0.3, 0.4) is 0 Å². The molecule has 0 saturated carbocycles. The SMILES string of the molecule is CC(C)CC#Cc1cnc2c(c1)C(=O)N([C@@H](C)CO)C[C@@H](C)[C@@H](CN(C)C(=O)Nc1ccccc1F)O2. The lowest BCUT2D eigenvalue weighted by atomic mass is 10.00. The van der Waals surface area contributed by atoms with Gasteiger partial charge in [0.25, 0.3) is 5.91 Å². The molecule has 0 bridgehead atoms. The van der Waals surface area contributed by atoms with Crippen molar-refractivity contribution in [1.82, 2.24) is 14.8 Å². The summed E-state index contributed by atoms with van der Waals surface area (Å²) in [5.41, 5.74) is 0.934. The Balaban J connectivity index is 1.88. The molecular weight excluding hydrogens is 475 g/mol. The van der Waals surface area contributed by atoms with E-state index in [9.17, 15) is 19.1 Å². The van der Waals surface area contributed by atoms with Crippen LogP contribution in [0.15, 0.2) is 36.5 Å². The maximum atomic E-state index is 14.0. The zero-order valence-corrected chi connectivity index (χ0v) is 22.0. The number of aromatic nitrogens is 1. The zero-order valence-electron chi connectivity index (χ0n) is 22.0. The highest BCUT2D eigenvalue weighted by molar-refractivity contribution is 5.97. The molecular formula is C28H35FN4O4. The number of para-hydroxylation sites is 1. The van der Waals surface area contributed by atoms with Crippen molar-refractivity contribution in [3.63, 3.8) is 0 Å². The van der Waals surface area contributed by atoms with Crippen molar-refractivity contribution < 1.29 is 23.8 Å². The number of amides is 3. The number of rotatable bonds is 6. The Labute approximate surface area is 217 Å². The highest BCUT2D eigenvalue weighted by Crippen LogP contribution is 2.27. The summed E-state index contributed by atoms with van der Waals surface area (Å²) >= 11 is 0. The van der Waals surface area contributed by atoms with Gasteiger partial charge in [-0.2, -0.15) is 0 Å². The number of carbonyl (C=O) groups is 2. The number of urea groups is 1. The van der Waals surface area contributed by atoms with E-state index in [1.54, 1.807) is 43.3 Å². The molecule has 1 aliphatic heterocycles. The molecule has 3 rings (SSSR count). The summed E-state index contributed by atoms with van der Waals surface area (Å²) < 4.78 is 20.2. The summed E-state index contributed by atoms with van der Waals surface area (Å²) in [6.45, 7) is 8.10. The molecule has 0 spiro atoms. The van der Waals surface area contributed by atoms with Crippen LogP contribution in [0.1, 0.15) is 50.0 Å². The van der Waals surface area contributed by atoms with E-state index in [2.05, 4.69) is 36.0 Å². The number of anilines is 1. The van der Waals surface area contributed by atoms with Gasteiger partial charge in [0.2, 0.25) is 5.88 Å². The third-order valence-electron chi connectivity index (χ3n) is 6.18. The molecule has 1 aliphatic rings. The Bertz CT molecular complexity index is 1180. The fraction of sp³-hybridized carbons (Fsp3) is 0.464. The maximum Gasteiger partial charge on any atom is 0.321 e. The van der Waals surface area contributed by atoms with Crippen molar-refractivity contribution in [2.24, 2.45) is 11.8 Å². The van der Waals surface area contributed by atoms with E-state index < -0.39 is 24.0 Å². The molecule has 1 aromatic carbocycles. The summed E-state index contributed by atoms with van der Waals surface area (Å²) in [6.07, 6.45) is 1.76. The van der Waals surface area contributed by atoms with Gasteiger partial charge in [-0.1, -0.05) is 44.7 Å². The average Bonchev–Trinajstić information content (AvgIpc) is 2.87. The fourth-order valence-corrected chi connectivity index (χ4v) is 3.87. The second-order valence-electron chi connectivity index (χ2n) is 9.89. The van der Waals surface area contributed by atoms with Crippen LogP contribution in [0.25, 0.3) is 0 Å². The van der Waals surface area contributed by atoms with Crippen LogP contribution < -0.4 is 10.1 Å². The van der Waals surface area contributed by atoms with Gasteiger partial charge >= 0.3 is 6.03 Å². The molecule has 0 saturated heterocycles. The fourth-order valence-electron chi connectivity index (χ4n) is 3.87. The Morgan fingerprint density at radius 3 is 2.76 bits per heavy atom. The summed E-state index contributed by atoms with van der Waals surface area (Å²) in [6, 6.07) is 6.67. The molecule has 2 N–H and O–H groups in total. The molecule has 3 amide bonds. The number of hydrogen-bond donors (Lipinski definition) is 2. The normalized spacial score (nSPS) is 18.1. The van der Waals surface area contributed by atoms with Crippen LogP contribution in [0, 0.1) is 29.5 Å². The standard InChI is InChI=1S/C28H35FN4O4/c1-18(2)9-8-10-21-13-22-26(30-14-21)37-25(19(3)15-33(27(22)35)20(4)17-34)16-32(5)28(36)31-24-12-7-6-11-23(24)29/h6-7,11-14,18-20,25,34H,9,15-17H2,1-5H3,(H,31,36)/t19-,20+,25-/m1/s1. The molecule has 2 heterocycles. The third kappa shape index (κ3) is 7.20. The van der Waals surface area contributed by atoms with Crippen molar-refractivity contribution in [2.75, 3.05) is 32.1 Å². The predicted octanol–water partition coefficient (Wildman–Crippen LogP) is 4.00. The monoisotopic (exact) mass is 510 g/mol. The Morgan fingerprint density at radius 2 is 2.08 bits per heavy atom. The lowest BCUT2D eigenvalue weighted by Gasteiger charge is -2.37. The number of aliphatic hydroxyl groups is 1. The molecule has 198 valence electrons. The highest BCUT2D eigenvalue weighted by Gasteiger charge is 2.34. The van der Waals surface area contributed by atoms with E-state index in [-0.39, 0.29) is 42.1 Å². The molecule has 0 radical (unpaired) electrons. The number of nitrogens with zero attached hydrogens (tertiary/aromatic N) is 3. The van der Waals surface area contributed by atoms with Gasteiger partial charge in [-0.3, -0.25) is 4.79 Å². The van der Waals surface area contributed by atoms with Crippen molar-refractivity contribution in [2.45, 2.75) is 46.3 Å². The van der Waals surface area contributed by atoms with Crippen molar-refractivity contribution in [1.29, 1.82) is 0 Å². The van der Waals surface area contributed by atoms with E-state index in [0.29, 0.717) is 18.0 Å². The number of carbonyl (C=O) groups excluding carboxylic acids is 2. The van der Waals surface area contributed by atoms with Crippen LogP contribution in [0.4, 0.5) is 14.9 Å². The first-order valence-corrected chi connectivity index (χ1v) is 12.4. The maximum absolute atomic E-state index is 14.0. The lowest BCUT2D eigenvalue weighted by Crippen LogP contribution is -2.50. The molecule has 8 nitrogen and oxygen atoms in total. The van der Waals surface area contributed by atoms with E-state index in [1.807, 2.05) is 6.92 Å². The number of pyridine rings is 1. The molecule has 0 aliphatic carbocycles. The second kappa shape index (κ2) is 12.5. The minimum absolute atomic E-state index is 0.0812. The topological polar surface area (TPSA) is 95.0 Å². The van der Waals surface area contributed by atoms with Crippen molar-refractivity contribution in [3.05, 3.63) is 53.5 Å². The number of aliphatic hydroxyl groups excluding tert-OH is 1. The largest absolute Gasteiger partial charge is 0.472 e. The van der Waals surface area contributed by atoms with Gasteiger partial charge in [-0.25, -0.2) is 14.2 Å². The van der Waals surface area contributed by atoms with E-state index in [1.165, 1.54) is 17.0 Å². The first kappa shape index (κ1) is 27.9. The van der Waals surface area contributed by atoms with Crippen LogP contribution in [0.2, 0.25) is 0 Å². The van der Waals surface area contributed by atoms with Crippen molar-refractivity contribution >= 4 is 17.6 Å². The van der Waals surface area contributed by atoms with Gasteiger partial charge < -0.3 is 25.0 Å². The van der Waals surface area contributed by atoms with Gasteiger partial charge in [0.15, 0.2) is 0 Å². The number of nitrogens with one attached hydrogen (secondary N) is 1. The van der Waals surface area contributed by atoms with Crippen LogP contribution in [-0.4, -0.2) is 70.7 Å². The van der Waals surface area contributed by atoms with Gasteiger partial charge in [0, 0.05) is 37.7 Å². The second-order valence-corrected chi connectivity index (χ2v) is 9.89. The lowest BCUT2D eigenvalue weighted by molar-refractivity contribution is 0.0356. The van der Waals surface area contributed by atoms with Crippen LogP contribution in [0.5, 0.6) is 5.88 Å². The van der Waals surface area contributed by atoms with Gasteiger partial charge in [0.1, 0.15) is 17.5 Å². The number of benzene rings is 1. The highest BCUT2D eigenvalue weighted by atomic mass is 19.1. The van der Waals surface area contributed by atoms with Gasteiger partial charge in [-0.15, -0.1) is 0 Å². The number of halogens is 1. The Hall–Kier alpha value is -3.64. The first-order chi connectivity index (χ1) is 17.6. The smallest absolute Gasteiger partial charge is 0.321 e. The molecule has 0 unspecified atom stereocenters. The molecule has 2 aromatic rings. The number of hydrogen-bond acceptors (Lipinski definition) is 5. The van der Waals surface area contributed by atoms with E-state index in [0.717, 1.165) is 6.42 Å². The summed E-state index contributed by atoms with van der Waals surface area (Å²) in [5, 5.41) is 12.4. The average molecular weight is 511 g/mol. The Kier molecular flexibility index (Phi) is 9.48. The number of likely N-dealkylation sites (N-methyl/N-ethyl adjacent to an activating group) is 1. The first-order valence-electron chi connectivity index (χ1n) is 12.4. The van der Waals surface area contributed by atoms with Crippen LogP contribution in [-0.2, 0) is 0 Å². The number of fused-ring (bicyclic) bond motifs is 1. The predicted molar refractivity (Wildman–Crippen MR) is 140 cm³/mol. The summed E-state index contributed by atoms with van der Waals surface area (Å²) in [5.74, 6) is 5.69. The molecule has 0 fully saturated rings.